The van der Waals surface area contributed by atoms with Crippen LogP contribution in [-0.4, -0.2) is 29.1 Å². The van der Waals surface area contributed by atoms with Crippen molar-refractivity contribution in [3.05, 3.63) is 34.9 Å². The molecule has 1 unspecified atom stereocenters. The molecule has 1 saturated carbocycles. The fraction of sp³-hybridized carbons (Fsp3) is 0.684. The second-order valence-corrected chi connectivity index (χ2v) is 7.15. The van der Waals surface area contributed by atoms with Gasteiger partial charge in [0.1, 0.15) is 0 Å². The summed E-state index contributed by atoms with van der Waals surface area (Å²) >= 11 is 0. The molecule has 1 atom stereocenters. The zero-order valence-corrected chi connectivity index (χ0v) is 14.1. The van der Waals surface area contributed by atoms with E-state index >= 15 is 0 Å². The Morgan fingerprint density at radius 3 is 2.33 bits per heavy atom. The zero-order valence-electron chi connectivity index (χ0n) is 14.1. The van der Waals surface area contributed by atoms with Gasteiger partial charge < -0.3 is 5.11 Å². The summed E-state index contributed by atoms with van der Waals surface area (Å²) in [5, 5.41) is 10.6. The Balaban J connectivity index is 2.05. The topological polar surface area (TPSA) is 23.5 Å². The monoisotopic (exact) mass is 289 g/mol. The fourth-order valence-electron chi connectivity index (χ4n) is 3.41. The van der Waals surface area contributed by atoms with Gasteiger partial charge in [-0.15, -0.1) is 0 Å². The van der Waals surface area contributed by atoms with Gasteiger partial charge in [0.15, 0.2) is 0 Å². The van der Waals surface area contributed by atoms with Crippen LogP contribution in [0.2, 0.25) is 0 Å². The molecule has 2 rings (SSSR count). The van der Waals surface area contributed by atoms with Crippen molar-refractivity contribution >= 4 is 0 Å². The molecule has 0 amide bonds. The Morgan fingerprint density at radius 2 is 1.76 bits per heavy atom. The van der Waals surface area contributed by atoms with E-state index in [4.69, 9.17) is 0 Å². The summed E-state index contributed by atoms with van der Waals surface area (Å²) in [5.74, 6) is 0.651. The molecular weight excluding hydrogens is 258 g/mol. The lowest BCUT2D eigenvalue weighted by atomic mass is 10.0. The molecule has 21 heavy (non-hydrogen) atoms. The molecule has 0 aromatic heterocycles. The van der Waals surface area contributed by atoms with Crippen molar-refractivity contribution in [2.75, 3.05) is 13.1 Å². The quantitative estimate of drug-likeness (QED) is 0.847. The lowest BCUT2D eigenvalue weighted by Crippen LogP contribution is -2.39. The summed E-state index contributed by atoms with van der Waals surface area (Å²) in [5.41, 5.74) is 3.62. The van der Waals surface area contributed by atoms with Crippen LogP contribution in [0.1, 0.15) is 62.3 Å². The molecule has 0 aliphatic heterocycles. The highest BCUT2D eigenvalue weighted by atomic mass is 16.3. The molecule has 1 aromatic rings. The van der Waals surface area contributed by atoms with Crippen LogP contribution in [0.3, 0.4) is 0 Å². The summed E-state index contributed by atoms with van der Waals surface area (Å²) in [6.07, 6.45) is 4.92. The smallest absolute Gasteiger partial charge is 0.0917 e. The number of hydrogen-bond acceptors (Lipinski definition) is 2. The standard InChI is InChI=1S/C19H31NO/c1-14(2)12-20(18-7-5-6-8-18)13-19(21)17-10-9-15(3)16(4)11-17/h9-11,14,18-19,21H,5-8,12-13H2,1-4H3. The molecule has 1 aromatic carbocycles. The fourth-order valence-corrected chi connectivity index (χ4v) is 3.41. The highest BCUT2D eigenvalue weighted by molar-refractivity contribution is 5.31. The maximum atomic E-state index is 10.6. The van der Waals surface area contributed by atoms with E-state index in [9.17, 15) is 5.11 Å². The predicted molar refractivity (Wildman–Crippen MR) is 89.5 cm³/mol. The largest absolute Gasteiger partial charge is 0.387 e. The van der Waals surface area contributed by atoms with E-state index in [1.54, 1.807) is 0 Å². The van der Waals surface area contributed by atoms with Gasteiger partial charge in [0.05, 0.1) is 6.10 Å². The average Bonchev–Trinajstić information content (AvgIpc) is 2.94. The first kappa shape index (κ1) is 16.5. The Bertz CT molecular complexity index is 449. The number of aliphatic hydroxyl groups is 1. The van der Waals surface area contributed by atoms with E-state index in [2.05, 4.69) is 50.8 Å². The number of hydrogen-bond donors (Lipinski definition) is 1. The minimum Gasteiger partial charge on any atom is -0.387 e. The molecule has 0 bridgehead atoms. The van der Waals surface area contributed by atoms with Crippen LogP contribution >= 0.6 is 0 Å². The lowest BCUT2D eigenvalue weighted by Gasteiger charge is -2.32. The molecular formula is C19H31NO. The number of aliphatic hydroxyl groups excluding tert-OH is 1. The van der Waals surface area contributed by atoms with E-state index in [1.807, 2.05) is 0 Å². The number of rotatable bonds is 6. The predicted octanol–water partition coefficient (Wildman–Crippen LogP) is 4.24. The highest BCUT2D eigenvalue weighted by Gasteiger charge is 2.25. The summed E-state index contributed by atoms with van der Waals surface area (Å²) < 4.78 is 0. The van der Waals surface area contributed by atoms with E-state index in [1.165, 1.54) is 36.8 Å². The van der Waals surface area contributed by atoms with Gasteiger partial charge in [-0.05, 0) is 49.3 Å². The van der Waals surface area contributed by atoms with Crippen LogP contribution in [0.5, 0.6) is 0 Å². The zero-order chi connectivity index (χ0) is 15.4. The van der Waals surface area contributed by atoms with Crippen LogP contribution in [0, 0.1) is 19.8 Å². The summed E-state index contributed by atoms with van der Waals surface area (Å²) in [7, 11) is 0. The SMILES string of the molecule is Cc1ccc(C(O)CN(CC(C)C)C2CCCC2)cc1C. The lowest BCUT2D eigenvalue weighted by molar-refractivity contribution is 0.0796. The molecule has 1 aliphatic rings. The van der Waals surface area contributed by atoms with Gasteiger partial charge in [-0.2, -0.15) is 0 Å². The van der Waals surface area contributed by atoms with Gasteiger partial charge in [-0.3, -0.25) is 4.90 Å². The number of aryl methyl sites for hydroxylation is 2. The average molecular weight is 289 g/mol. The second-order valence-electron chi connectivity index (χ2n) is 7.15. The molecule has 0 radical (unpaired) electrons. The summed E-state index contributed by atoms with van der Waals surface area (Å²) in [4.78, 5) is 2.53. The van der Waals surface area contributed by atoms with Gasteiger partial charge in [-0.25, -0.2) is 0 Å². The Kier molecular flexibility index (Phi) is 5.83. The van der Waals surface area contributed by atoms with Crippen molar-refractivity contribution in [3.63, 3.8) is 0 Å². The highest BCUT2D eigenvalue weighted by Crippen LogP contribution is 2.27. The second kappa shape index (κ2) is 7.42. The van der Waals surface area contributed by atoms with E-state index in [0.717, 1.165) is 18.7 Å². The van der Waals surface area contributed by atoms with E-state index in [-0.39, 0.29) is 6.10 Å². The van der Waals surface area contributed by atoms with Crippen LogP contribution < -0.4 is 0 Å². The third-order valence-corrected chi connectivity index (χ3v) is 4.76. The molecule has 0 heterocycles. The van der Waals surface area contributed by atoms with Crippen molar-refractivity contribution in [1.29, 1.82) is 0 Å². The molecule has 2 nitrogen and oxygen atoms in total. The van der Waals surface area contributed by atoms with Crippen molar-refractivity contribution < 1.29 is 5.11 Å². The van der Waals surface area contributed by atoms with Crippen LogP contribution in [0.25, 0.3) is 0 Å². The van der Waals surface area contributed by atoms with Gasteiger partial charge in [0.2, 0.25) is 0 Å². The van der Waals surface area contributed by atoms with Crippen molar-refractivity contribution in [1.82, 2.24) is 4.90 Å². The van der Waals surface area contributed by atoms with Crippen LogP contribution in [-0.2, 0) is 0 Å². The maximum absolute atomic E-state index is 10.6. The first-order valence-electron chi connectivity index (χ1n) is 8.46. The molecule has 2 heteroatoms. The van der Waals surface area contributed by atoms with Gasteiger partial charge in [-0.1, -0.05) is 44.9 Å². The third kappa shape index (κ3) is 4.55. The molecule has 0 saturated heterocycles. The first-order chi connectivity index (χ1) is 9.97. The molecule has 0 spiro atoms. The van der Waals surface area contributed by atoms with Gasteiger partial charge in [0.25, 0.3) is 0 Å². The third-order valence-electron chi connectivity index (χ3n) is 4.76. The minimum atomic E-state index is -0.372. The summed E-state index contributed by atoms with van der Waals surface area (Å²) in [6.45, 7) is 10.6. The molecule has 1 N–H and O–H groups in total. The van der Waals surface area contributed by atoms with Gasteiger partial charge in [0, 0.05) is 19.1 Å². The Hall–Kier alpha value is -0.860. The maximum Gasteiger partial charge on any atom is 0.0917 e. The molecule has 1 aliphatic carbocycles. The number of benzene rings is 1. The van der Waals surface area contributed by atoms with E-state index < -0.39 is 0 Å². The molecule has 1 fully saturated rings. The minimum absolute atomic E-state index is 0.372. The Labute approximate surface area is 130 Å². The van der Waals surface area contributed by atoms with Gasteiger partial charge >= 0.3 is 0 Å². The molecule has 118 valence electrons. The van der Waals surface area contributed by atoms with Crippen molar-refractivity contribution in [2.24, 2.45) is 5.92 Å². The van der Waals surface area contributed by atoms with Crippen LogP contribution in [0.15, 0.2) is 18.2 Å². The van der Waals surface area contributed by atoms with E-state index in [0.29, 0.717) is 12.0 Å². The normalized spacial score (nSPS) is 17.9. The first-order valence-corrected chi connectivity index (χ1v) is 8.46. The van der Waals surface area contributed by atoms with Crippen molar-refractivity contribution in [3.8, 4) is 0 Å². The summed E-state index contributed by atoms with van der Waals surface area (Å²) in [6, 6.07) is 7.02. The van der Waals surface area contributed by atoms with Crippen LogP contribution in [0.4, 0.5) is 0 Å². The van der Waals surface area contributed by atoms with Crippen molar-refractivity contribution in [2.45, 2.75) is 65.5 Å². The Morgan fingerprint density at radius 1 is 1.10 bits per heavy atom. The number of nitrogens with zero attached hydrogens (tertiary/aromatic N) is 1.